The Balaban J connectivity index is 1.49. The van der Waals surface area contributed by atoms with Crippen LogP contribution in [0.15, 0.2) is 35.7 Å². The molecule has 4 rings (SSSR count). The highest BCUT2D eigenvalue weighted by atomic mass is 32.1. The normalized spacial score (nSPS) is 11.1. The van der Waals surface area contributed by atoms with Gasteiger partial charge in [0.2, 0.25) is 0 Å². The highest BCUT2D eigenvalue weighted by Crippen LogP contribution is 2.26. The summed E-state index contributed by atoms with van der Waals surface area (Å²) in [5, 5.41) is 25.0. The molecule has 0 bridgehead atoms. The van der Waals surface area contributed by atoms with E-state index in [9.17, 15) is 14.9 Å². The summed E-state index contributed by atoms with van der Waals surface area (Å²) in [6, 6.07) is 9.97. The summed E-state index contributed by atoms with van der Waals surface area (Å²) in [6.45, 7) is 10.2. The largest absolute Gasteiger partial charge is 0.318 e. The number of rotatable bonds is 7. The first kappa shape index (κ1) is 23.4. The van der Waals surface area contributed by atoms with Crippen molar-refractivity contribution in [2.24, 2.45) is 0 Å². The molecule has 176 valence electrons. The Kier molecular flexibility index (Phi) is 6.34. The van der Waals surface area contributed by atoms with Crippen molar-refractivity contribution in [3.05, 3.63) is 90.2 Å². The first-order chi connectivity index (χ1) is 16.2. The van der Waals surface area contributed by atoms with Crippen molar-refractivity contribution in [2.45, 2.75) is 47.7 Å². The molecule has 1 amide bonds. The van der Waals surface area contributed by atoms with Crippen LogP contribution in [0.25, 0.3) is 0 Å². The van der Waals surface area contributed by atoms with E-state index in [1.54, 1.807) is 24.6 Å². The van der Waals surface area contributed by atoms with Gasteiger partial charge in [0.15, 0.2) is 0 Å². The summed E-state index contributed by atoms with van der Waals surface area (Å²) in [5.41, 5.74) is 6.49. The number of hydrogen-bond donors (Lipinski definition) is 1. The van der Waals surface area contributed by atoms with Crippen LogP contribution in [0.1, 0.15) is 49.1 Å². The van der Waals surface area contributed by atoms with Crippen molar-refractivity contribution >= 4 is 28.6 Å². The molecule has 0 radical (unpaired) electrons. The van der Waals surface area contributed by atoms with Gasteiger partial charge in [-0.2, -0.15) is 10.2 Å². The van der Waals surface area contributed by atoms with E-state index in [2.05, 4.69) is 34.6 Å². The Morgan fingerprint density at radius 1 is 1.03 bits per heavy atom. The number of hydrogen-bond acceptors (Lipinski definition) is 6. The van der Waals surface area contributed by atoms with Crippen molar-refractivity contribution < 1.29 is 9.72 Å². The quantitative estimate of drug-likeness (QED) is 0.299. The third-order valence-corrected chi connectivity index (χ3v) is 6.91. The van der Waals surface area contributed by atoms with Gasteiger partial charge in [0.05, 0.1) is 40.0 Å². The summed E-state index contributed by atoms with van der Waals surface area (Å²) < 4.78 is 3.50. The zero-order valence-electron chi connectivity index (χ0n) is 19.7. The number of nitro groups is 1. The molecule has 9 nitrogen and oxygen atoms in total. The fourth-order valence-electron chi connectivity index (χ4n) is 4.01. The molecular weight excluding hydrogens is 452 g/mol. The summed E-state index contributed by atoms with van der Waals surface area (Å²) >= 11 is 1.33. The van der Waals surface area contributed by atoms with Gasteiger partial charge in [0.1, 0.15) is 11.4 Å². The van der Waals surface area contributed by atoms with Crippen molar-refractivity contribution in [3.63, 3.8) is 0 Å². The van der Waals surface area contributed by atoms with E-state index in [-0.39, 0.29) is 11.6 Å². The van der Waals surface area contributed by atoms with Gasteiger partial charge in [-0.3, -0.25) is 24.3 Å². The Labute approximate surface area is 201 Å². The molecule has 1 N–H and O–H groups in total. The molecule has 34 heavy (non-hydrogen) atoms. The molecule has 3 heterocycles. The molecule has 0 spiro atoms. The van der Waals surface area contributed by atoms with Crippen molar-refractivity contribution in [1.29, 1.82) is 0 Å². The average molecular weight is 479 g/mol. The number of aryl methyl sites for hydroxylation is 3. The SMILES string of the molecule is Cc1ccccc1Cn1nc(C)c(NC(=O)c2cc(Cn3nc(C)c([N+](=O)[O-])c3C)cs2)c1C. The number of anilines is 1. The van der Waals surface area contributed by atoms with E-state index in [0.717, 1.165) is 17.0 Å². The summed E-state index contributed by atoms with van der Waals surface area (Å²) in [4.78, 5) is 24.4. The number of nitrogens with zero attached hydrogens (tertiary/aromatic N) is 5. The molecule has 4 aromatic rings. The van der Waals surface area contributed by atoms with Crippen LogP contribution in [-0.4, -0.2) is 30.4 Å². The molecule has 3 aromatic heterocycles. The Bertz CT molecular complexity index is 1400. The van der Waals surface area contributed by atoms with E-state index in [1.165, 1.54) is 22.5 Å². The fourth-order valence-corrected chi connectivity index (χ4v) is 4.81. The molecule has 0 aliphatic rings. The number of nitrogens with one attached hydrogen (secondary N) is 1. The Morgan fingerprint density at radius 3 is 2.38 bits per heavy atom. The molecular formula is C24H26N6O3S. The van der Waals surface area contributed by atoms with Gasteiger partial charge >= 0.3 is 5.69 Å². The van der Waals surface area contributed by atoms with E-state index in [4.69, 9.17) is 0 Å². The van der Waals surface area contributed by atoms with Crippen LogP contribution in [0.2, 0.25) is 0 Å². The predicted molar refractivity (Wildman–Crippen MR) is 132 cm³/mol. The molecule has 0 atom stereocenters. The van der Waals surface area contributed by atoms with E-state index >= 15 is 0 Å². The first-order valence-corrected chi connectivity index (χ1v) is 11.7. The average Bonchev–Trinajstić information content (AvgIpc) is 3.43. The highest BCUT2D eigenvalue weighted by molar-refractivity contribution is 7.12. The minimum atomic E-state index is -0.412. The minimum absolute atomic E-state index is 0.0295. The Hall–Kier alpha value is -3.79. The van der Waals surface area contributed by atoms with Crippen LogP contribution in [0.5, 0.6) is 0 Å². The van der Waals surface area contributed by atoms with Crippen molar-refractivity contribution in [3.8, 4) is 0 Å². The second-order valence-electron chi connectivity index (χ2n) is 8.34. The molecule has 0 aliphatic heterocycles. The van der Waals surface area contributed by atoms with Crippen molar-refractivity contribution in [2.75, 3.05) is 5.32 Å². The van der Waals surface area contributed by atoms with E-state index in [0.29, 0.717) is 35.0 Å². The number of thiophene rings is 1. The first-order valence-electron chi connectivity index (χ1n) is 10.8. The van der Waals surface area contributed by atoms with Gasteiger partial charge in [0.25, 0.3) is 5.91 Å². The van der Waals surface area contributed by atoms with Crippen LogP contribution in [-0.2, 0) is 13.1 Å². The second kappa shape index (κ2) is 9.22. The van der Waals surface area contributed by atoms with Crippen LogP contribution in [0, 0.1) is 44.7 Å². The monoisotopic (exact) mass is 478 g/mol. The van der Waals surface area contributed by atoms with Gasteiger partial charge < -0.3 is 5.32 Å². The van der Waals surface area contributed by atoms with Gasteiger partial charge in [0, 0.05) is 0 Å². The number of amides is 1. The lowest BCUT2D eigenvalue weighted by Gasteiger charge is -2.08. The molecule has 0 fully saturated rings. The zero-order chi connectivity index (χ0) is 24.6. The molecule has 0 aliphatic carbocycles. The molecule has 1 aromatic carbocycles. The maximum atomic E-state index is 13.0. The fraction of sp³-hybridized carbons (Fsp3) is 0.292. The summed E-state index contributed by atoms with van der Waals surface area (Å²) in [5.74, 6) is -0.211. The number of aromatic nitrogens is 4. The molecule has 0 unspecified atom stereocenters. The van der Waals surface area contributed by atoms with Crippen LogP contribution < -0.4 is 5.32 Å². The molecule has 0 saturated heterocycles. The van der Waals surface area contributed by atoms with Crippen LogP contribution in [0.4, 0.5) is 11.4 Å². The standard InChI is InChI=1S/C24H26N6O3S/c1-14-8-6-7-9-20(14)12-29-17(4)22(15(2)26-29)25-24(31)21-10-19(13-34-21)11-28-18(5)23(30(32)33)16(3)27-28/h6-10,13H,11-12H2,1-5H3,(H,25,31). The third-order valence-electron chi connectivity index (χ3n) is 5.94. The van der Waals surface area contributed by atoms with E-state index < -0.39 is 4.92 Å². The predicted octanol–water partition coefficient (Wildman–Crippen LogP) is 4.94. The maximum absolute atomic E-state index is 13.0. The van der Waals surface area contributed by atoms with Crippen LogP contribution in [0.3, 0.4) is 0 Å². The van der Waals surface area contributed by atoms with E-state index in [1.807, 2.05) is 36.0 Å². The summed E-state index contributed by atoms with van der Waals surface area (Å²) in [6.07, 6.45) is 0. The number of benzene rings is 1. The van der Waals surface area contributed by atoms with Gasteiger partial charge in [-0.15, -0.1) is 11.3 Å². The third kappa shape index (κ3) is 4.49. The lowest BCUT2D eigenvalue weighted by atomic mass is 10.1. The number of carbonyl (C=O) groups is 1. The van der Waals surface area contributed by atoms with Gasteiger partial charge in [-0.1, -0.05) is 24.3 Å². The zero-order valence-corrected chi connectivity index (χ0v) is 20.6. The second-order valence-corrected chi connectivity index (χ2v) is 9.25. The van der Waals surface area contributed by atoms with Gasteiger partial charge in [-0.05, 0) is 62.8 Å². The molecule has 10 heteroatoms. The topological polar surface area (TPSA) is 108 Å². The van der Waals surface area contributed by atoms with Gasteiger partial charge in [-0.25, -0.2) is 0 Å². The highest BCUT2D eigenvalue weighted by Gasteiger charge is 2.22. The minimum Gasteiger partial charge on any atom is -0.318 e. The van der Waals surface area contributed by atoms with Crippen molar-refractivity contribution in [1.82, 2.24) is 19.6 Å². The smallest absolute Gasteiger partial charge is 0.312 e. The number of carbonyl (C=O) groups excluding carboxylic acids is 1. The lowest BCUT2D eigenvalue weighted by molar-refractivity contribution is -0.386. The Morgan fingerprint density at radius 2 is 1.71 bits per heavy atom. The van der Waals surface area contributed by atoms with Crippen LogP contribution >= 0.6 is 11.3 Å². The lowest BCUT2D eigenvalue weighted by Crippen LogP contribution is -2.12. The maximum Gasteiger partial charge on any atom is 0.312 e. The summed E-state index contributed by atoms with van der Waals surface area (Å²) in [7, 11) is 0. The molecule has 0 saturated carbocycles.